The molecule has 5 heteroatoms. The second-order valence-corrected chi connectivity index (χ2v) is 6.67. The highest BCUT2D eigenvalue weighted by atomic mass is 16.1. The van der Waals surface area contributed by atoms with Gasteiger partial charge in [-0.3, -0.25) is 9.79 Å². The van der Waals surface area contributed by atoms with Gasteiger partial charge in [0, 0.05) is 26.7 Å². The normalized spacial score (nSPS) is 21.1. The smallest absolute Gasteiger partial charge is 0.239 e. The van der Waals surface area contributed by atoms with Gasteiger partial charge < -0.3 is 15.5 Å². The van der Waals surface area contributed by atoms with E-state index in [1.807, 2.05) is 0 Å². The van der Waals surface area contributed by atoms with E-state index in [0.29, 0.717) is 11.8 Å². The maximum atomic E-state index is 11.8. The quantitative estimate of drug-likeness (QED) is 0.616. The molecule has 1 fully saturated rings. The van der Waals surface area contributed by atoms with E-state index in [4.69, 9.17) is 0 Å². The molecule has 0 aromatic heterocycles. The van der Waals surface area contributed by atoms with Crippen LogP contribution in [0.5, 0.6) is 0 Å². The molecule has 1 aromatic rings. The van der Waals surface area contributed by atoms with Crippen molar-refractivity contribution in [1.29, 1.82) is 0 Å². The molecule has 0 spiro atoms. The number of hydrogen-bond acceptors (Lipinski definition) is 2. The third kappa shape index (κ3) is 5.48. The van der Waals surface area contributed by atoms with Crippen LogP contribution in [0.25, 0.3) is 0 Å². The van der Waals surface area contributed by atoms with Gasteiger partial charge in [0.1, 0.15) is 0 Å². The van der Waals surface area contributed by atoms with Crippen LogP contribution in [0, 0.1) is 5.92 Å². The van der Waals surface area contributed by atoms with Gasteiger partial charge in [-0.1, -0.05) is 50.6 Å². The summed E-state index contributed by atoms with van der Waals surface area (Å²) in [6.07, 6.45) is 3.21. The van der Waals surface area contributed by atoms with Gasteiger partial charge >= 0.3 is 0 Å². The van der Waals surface area contributed by atoms with E-state index in [0.717, 1.165) is 44.9 Å². The number of amides is 1. The molecular weight excluding hydrogens is 312 g/mol. The molecule has 2 rings (SSSR count). The second kappa shape index (κ2) is 10.1. The molecule has 0 aliphatic carbocycles. The van der Waals surface area contributed by atoms with E-state index in [-0.39, 0.29) is 12.5 Å². The van der Waals surface area contributed by atoms with Crippen LogP contribution in [0.2, 0.25) is 0 Å². The molecule has 25 heavy (non-hydrogen) atoms. The van der Waals surface area contributed by atoms with Gasteiger partial charge in [0.25, 0.3) is 0 Å². The first-order chi connectivity index (χ1) is 12.2. The Morgan fingerprint density at radius 2 is 2.00 bits per heavy atom. The first kappa shape index (κ1) is 19.3. The third-order valence-electron chi connectivity index (χ3n) is 4.98. The van der Waals surface area contributed by atoms with Crippen LogP contribution >= 0.6 is 0 Å². The van der Waals surface area contributed by atoms with Crippen LogP contribution in [0.3, 0.4) is 0 Å². The van der Waals surface area contributed by atoms with Gasteiger partial charge in [-0.25, -0.2) is 0 Å². The molecule has 138 valence electrons. The Morgan fingerprint density at radius 3 is 2.64 bits per heavy atom. The average Bonchev–Trinajstić information content (AvgIpc) is 2.67. The zero-order valence-corrected chi connectivity index (χ0v) is 15.8. The summed E-state index contributed by atoms with van der Waals surface area (Å²) in [4.78, 5) is 18.5. The molecular formula is C20H32N4O. The number of guanidine groups is 1. The number of aliphatic imine (C=N–C) groups is 1. The van der Waals surface area contributed by atoms with Gasteiger partial charge in [-0.05, 0) is 30.2 Å². The summed E-state index contributed by atoms with van der Waals surface area (Å²) >= 11 is 0. The molecule has 0 saturated carbocycles. The number of carbonyl (C=O) groups excluding carboxylic acids is 1. The summed E-state index contributed by atoms with van der Waals surface area (Å²) in [5, 5.41) is 6.10. The number of nitrogens with zero attached hydrogens (tertiary/aromatic N) is 2. The lowest BCUT2D eigenvalue weighted by Crippen LogP contribution is -2.50. The summed E-state index contributed by atoms with van der Waals surface area (Å²) in [6, 6.07) is 10.8. The first-order valence-electron chi connectivity index (χ1n) is 9.46. The van der Waals surface area contributed by atoms with E-state index in [2.05, 4.69) is 64.7 Å². The zero-order valence-electron chi connectivity index (χ0n) is 15.8. The Kier molecular flexibility index (Phi) is 7.76. The number of nitrogens with one attached hydrogen (secondary N) is 2. The highest BCUT2D eigenvalue weighted by molar-refractivity contribution is 5.86. The van der Waals surface area contributed by atoms with Crippen molar-refractivity contribution >= 4 is 11.9 Å². The van der Waals surface area contributed by atoms with Crippen molar-refractivity contribution in [3.8, 4) is 0 Å². The monoisotopic (exact) mass is 344 g/mol. The molecule has 5 nitrogen and oxygen atoms in total. The lowest BCUT2D eigenvalue weighted by atomic mass is 9.79. The van der Waals surface area contributed by atoms with Crippen LogP contribution in [-0.2, 0) is 4.79 Å². The van der Waals surface area contributed by atoms with Crippen LogP contribution in [0.15, 0.2) is 35.3 Å². The number of benzene rings is 1. The molecule has 0 bridgehead atoms. The summed E-state index contributed by atoms with van der Waals surface area (Å²) in [7, 11) is 1.79. The molecule has 1 amide bonds. The lowest BCUT2D eigenvalue weighted by Gasteiger charge is -2.40. The minimum absolute atomic E-state index is 0.0224. The summed E-state index contributed by atoms with van der Waals surface area (Å²) in [5.41, 5.74) is 1.44. The summed E-state index contributed by atoms with van der Waals surface area (Å²) in [5.74, 6) is 2.06. The molecule has 0 radical (unpaired) electrons. The van der Waals surface area contributed by atoms with Crippen molar-refractivity contribution in [2.24, 2.45) is 10.9 Å². The van der Waals surface area contributed by atoms with Crippen LogP contribution < -0.4 is 10.6 Å². The van der Waals surface area contributed by atoms with Gasteiger partial charge in [0.2, 0.25) is 5.91 Å². The number of hydrogen-bond donors (Lipinski definition) is 2. The van der Waals surface area contributed by atoms with Crippen LogP contribution in [0.4, 0.5) is 0 Å². The molecule has 1 aliphatic rings. The van der Waals surface area contributed by atoms with E-state index in [1.165, 1.54) is 5.56 Å². The Balaban J connectivity index is 1.93. The van der Waals surface area contributed by atoms with Gasteiger partial charge in [-0.2, -0.15) is 0 Å². The summed E-state index contributed by atoms with van der Waals surface area (Å²) < 4.78 is 0. The first-order valence-corrected chi connectivity index (χ1v) is 9.46. The van der Waals surface area contributed by atoms with Crippen molar-refractivity contribution in [3.05, 3.63) is 35.9 Å². The molecule has 2 N–H and O–H groups in total. The fourth-order valence-electron chi connectivity index (χ4n) is 3.60. The zero-order chi connectivity index (χ0) is 18.1. The lowest BCUT2D eigenvalue weighted by molar-refractivity contribution is -0.120. The number of rotatable bonds is 6. The van der Waals surface area contributed by atoms with E-state index in [9.17, 15) is 4.79 Å². The Bertz CT molecular complexity index is 558. The highest BCUT2D eigenvalue weighted by Crippen LogP contribution is 2.34. The molecule has 2 atom stereocenters. The largest absolute Gasteiger partial charge is 0.355 e. The molecule has 1 aromatic carbocycles. The van der Waals surface area contributed by atoms with Crippen molar-refractivity contribution in [1.82, 2.24) is 15.5 Å². The standard InChI is InChI=1S/C20H32N4O/c1-4-12-22-19(25)14-23-20(21-3)24-13-11-18(16(5-2)15-24)17-9-7-6-8-10-17/h6-10,16,18H,4-5,11-15H2,1-3H3,(H,21,23)(H,22,25). The van der Waals surface area contributed by atoms with Crippen molar-refractivity contribution in [2.75, 3.05) is 33.2 Å². The minimum atomic E-state index is 0.0224. The SMILES string of the molecule is CCCNC(=O)CNC(=NC)N1CCC(c2ccccc2)C(CC)C1. The van der Waals surface area contributed by atoms with Crippen molar-refractivity contribution in [2.45, 2.75) is 39.0 Å². The number of piperidine rings is 1. The van der Waals surface area contributed by atoms with E-state index in [1.54, 1.807) is 7.05 Å². The topological polar surface area (TPSA) is 56.7 Å². The third-order valence-corrected chi connectivity index (χ3v) is 4.98. The van der Waals surface area contributed by atoms with E-state index >= 15 is 0 Å². The summed E-state index contributed by atoms with van der Waals surface area (Å²) in [6.45, 7) is 7.26. The number of likely N-dealkylation sites (tertiary alicyclic amines) is 1. The molecule has 1 aliphatic heterocycles. The van der Waals surface area contributed by atoms with Crippen molar-refractivity contribution < 1.29 is 4.79 Å². The van der Waals surface area contributed by atoms with Gasteiger partial charge in [0.05, 0.1) is 6.54 Å². The van der Waals surface area contributed by atoms with Gasteiger partial charge in [-0.15, -0.1) is 0 Å². The fourth-order valence-corrected chi connectivity index (χ4v) is 3.60. The Hall–Kier alpha value is -2.04. The Morgan fingerprint density at radius 1 is 1.24 bits per heavy atom. The highest BCUT2D eigenvalue weighted by Gasteiger charge is 2.30. The van der Waals surface area contributed by atoms with Crippen LogP contribution in [0.1, 0.15) is 44.6 Å². The molecule has 1 saturated heterocycles. The van der Waals surface area contributed by atoms with Gasteiger partial charge in [0.15, 0.2) is 5.96 Å². The maximum Gasteiger partial charge on any atom is 0.239 e. The fraction of sp³-hybridized carbons (Fsp3) is 0.600. The maximum absolute atomic E-state index is 11.8. The second-order valence-electron chi connectivity index (χ2n) is 6.67. The Labute approximate surface area is 151 Å². The minimum Gasteiger partial charge on any atom is -0.355 e. The molecule has 1 heterocycles. The van der Waals surface area contributed by atoms with Crippen LogP contribution in [-0.4, -0.2) is 50.0 Å². The predicted octanol–water partition coefficient (Wildman–Crippen LogP) is 2.60. The average molecular weight is 345 g/mol. The molecule has 2 unspecified atom stereocenters. The predicted molar refractivity (Wildman–Crippen MR) is 104 cm³/mol. The van der Waals surface area contributed by atoms with E-state index < -0.39 is 0 Å². The van der Waals surface area contributed by atoms with Crippen molar-refractivity contribution in [3.63, 3.8) is 0 Å². The number of carbonyl (C=O) groups is 1.